The first-order valence-corrected chi connectivity index (χ1v) is 11.1. The topological polar surface area (TPSA) is 107 Å². The number of hydrogen-bond acceptors (Lipinski definition) is 5. The number of unbranched alkanes of at least 4 members (excludes halogenated alkanes) is 1. The summed E-state index contributed by atoms with van der Waals surface area (Å²) in [7, 11) is 0. The number of carbonyl (C=O) groups excluding carboxylic acids is 2. The van der Waals surface area contributed by atoms with Crippen LogP contribution in [0.2, 0.25) is 0 Å². The number of rotatable bonds is 11. The van der Waals surface area contributed by atoms with E-state index in [-0.39, 0.29) is 25.0 Å². The van der Waals surface area contributed by atoms with Gasteiger partial charge in [-0.1, -0.05) is 26.3 Å². The largest absolute Gasteiger partial charge is 0.481 e. The van der Waals surface area contributed by atoms with Crippen molar-refractivity contribution in [3.8, 4) is 0 Å². The van der Waals surface area contributed by atoms with Crippen molar-refractivity contribution in [2.24, 2.45) is 11.8 Å². The lowest BCUT2D eigenvalue weighted by Crippen LogP contribution is -2.56. The Morgan fingerprint density at radius 3 is 2.63 bits per heavy atom. The highest BCUT2D eigenvalue weighted by Crippen LogP contribution is 2.64. The summed E-state index contributed by atoms with van der Waals surface area (Å²) in [4.78, 5) is 42.6. The molecule has 8 heteroatoms. The van der Waals surface area contributed by atoms with Crippen LogP contribution in [-0.4, -0.2) is 81.3 Å². The fraction of sp³-hybridized carbons (Fsp3) is 0.773. The van der Waals surface area contributed by atoms with Crippen molar-refractivity contribution in [3.63, 3.8) is 0 Å². The van der Waals surface area contributed by atoms with Gasteiger partial charge in [-0.25, -0.2) is 0 Å². The molecule has 2 amide bonds. The Labute approximate surface area is 177 Å². The second-order valence-electron chi connectivity index (χ2n) is 8.71. The summed E-state index contributed by atoms with van der Waals surface area (Å²) in [6.07, 6.45) is 5.23. The van der Waals surface area contributed by atoms with Gasteiger partial charge in [0.05, 0.1) is 11.5 Å². The van der Waals surface area contributed by atoms with E-state index in [0.717, 1.165) is 12.8 Å². The quantitative estimate of drug-likeness (QED) is 0.488. The van der Waals surface area contributed by atoms with Crippen molar-refractivity contribution < 1.29 is 29.3 Å². The van der Waals surface area contributed by atoms with Gasteiger partial charge in [-0.15, -0.1) is 6.58 Å². The van der Waals surface area contributed by atoms with E-state index in [1.807, 2.05) is 13.8 Å². The molecular weight excluding hydrogens is 388 g/mol. The molecule has 0 aromatic rings. The van der Waals surface area contributed by atoms with Crippen LogP contribution in [0.15, 0.2) is 12.7 Å². The number of amides is 2. The molecule has 3 saturated heterocycles. The Kier molecular flexibility index (Phi) is 6.57. The summed E-state index contributed by atoms with van der Waals surface area (Å²) < 4.78 is 6.46. The lowest BCUT2D eigenvalue weighted by Gasteiger charge is -2.37. The molecule has 3 fully saturated rings. The van der Waals surface area contributed by atoms with Crippen LogP contribution in [0.4, 0.5) is 0 Å². The van der Waals surface area contributed by atoms with E-state index in [1.54, 1.807) is 11.0 Å². The lowest BCUT2D eigenvalue weighted by molar-refractivity contribution is -0.157. The van der Waals surface area contributed by atoms with Crippen LogP contribution in [0.25, 0.3) is 0 Å². The number of carbonyl (C=O) groups is 3. The van der Waals surface area contributed by atoms with Gasteiger partial charge in [-0.3, -0.25) is 14.4 Å². The molecule has 5 atom stereocenters. The monoisotopic (exact) mass is 422 g/mol. The second-order valence-corrected chi connectivity index (χ2v) is 8.71. The third-order valence-electron chi connectivity index (χ3n) is 7.18. The van der Waals surface area contributed by atoms with Crippen LogP contribution in [-0.2, 0) is 19.1 Å². The number of ether oxygens (including phenoxy) is 1. The number of aliphatic carboxylic acids is 1. The van der Waals surface area contributed by atoms with Gasteiger partial charge in [-0.2, -0.15) is 0 Å². The molecule has 3 aliphatic heterocycles. The number of carboxylic acids is 1. The van der Waals surface area contributed by atoms with Gasteiger partial charge < -0.3 is 24.7 Å². The van der Waals surface area contributed by atoms with E-state index in [1.165, 1.54) is 4.90 Å². The Hall–Kier alpha value is -1.93. The number of likely N-dealkylation sites (tertiary alicyclic amines) is 1. The Bertz CT molecular complexity index is 712. The van der Waals surface area contributed by atoms with E-state index >= 15 is 0 Å². The highest BCUT2D eigenvalue weighted by atomic mass is 16.5. The molecule has 3 heterocycles. The smallest absolute Gasteiger partial charge is 0.310 e. The minimum absolute atomic E-state index is 0.114. The van der Waals surface area contributed by atoms with Crippen molar-refractivity contribution in [1.82, 2.24) is 9.80 Å². The van der Waals surface area contributed by atoms with Crippen molar-refractivity contribution >= 4 is 17.8 Å². The van der Waals surface area contributed by atoms with E-state index < -0.39 is 35.0 Å². The van der Waals surface area contributed by atoms with Crippen molar-refractivity contribution in [1.29, 1.82) is 0 Å². The molecule has 8 nitrogen and oxygen atoms in total. The Morgan fingerprint density at radius 1 is 1.33 bits per heavy atom. The van der Waals surface area contributed by atoms with Gasteiger partial charge in [0.1, 0.15) is 17.6 Å². The minimum atomic E-state index is -1.12. The van der Waals surface area contributed by atoms with Crippen LogP contribution in [0.1, 0.15) is 52.4 Å². The first kappa shape index (κ1) is 22.7. The second kappa shape index (κ2) is 8.67. The van der Waals surface area contributed by atoms with Crippen molar-refractivity contribution in [3.05, 3.63) is 12.7 Å². The summed E-state index contributed by atoms with van der Waals surface area (Å²) in [5.41, 5.74) is -2.02. The zero-order valence-electron chi connectivity index (χ0n) is 18.0. The van der Waals surface area contributed by atoms with Gasteiger partial charge >= 0.3 is 5.97 Å². The van der Waals surface area contributed by atoms with Gasteiger partial charge in [0.2, 0.25) is 11.8 Å². The molecule has 168 valence electrons. The Balaban J connectivity index is 2.04. The summed E-state index contributed by atoms with van der Waals surface area (Å²) in [6.45, 7) is 8.67. The molecule has 0 aliphatic carbocycles. The molecule has 2 bridgehead atoms. The molecule has 0 saturated carbocycles. The molecule has 0 aromatic heterocycles. The number of aliphatic hydroxyl groups excluding tert-OH is 1. The van der Waals surface area contributed by atoms with E-state index in [4.69, 9.17) is 4.74 Å². The third-order valence-corrected chi connectivity index (χ3v) is 7.18. The first-order chi connectivity index (χ1) is 14.3. The van der Waals surface area contributed by atoms with E-state index in [2.05, 4.69) is 6.58 Å². The highest BCUT2D eigenvalue weighted by molar-refractivity contribution is 5.98. The zero-order valence-corrected chi connectivity index (χ0v) is 18.0. The van der Waals surface area contributed by atoms with Crippen LogP contribution < -0.4 is 0 Å². The van der Waals surface area contributed by atoms with Gasteiger partial charge in [-0.05, 0) is 32.1 Å². The molecule has 3 aliphatic rings. The molecular formula is C22H34N2O6. The van der Waals surface area contributed by atoms with Crippen LogP contribution >= 0.6 is 0 Å². The highest BCUT2D eigenvalue weighted by Gasteiger charge is 2.78. The average molecular weight is 423 g/mol. The van der Waals surface area contributed by atoms with Gasteiger partial charge in [0, 0.05) is 26.2 Å². The standard InChI is InChI=1S/C22H34N2O6/c1-4-7-12-23(11-5-2)19(27)17-22-10-9-21(6-3,30-22)16(20(28)29)15(22)18(26)24(17)13-8-14-25/h5,15-17,25H,2,4,6-14H2,1,3H3,(H,28,29)/t15-,16-,17?,21+,22?/m0/s1. The van der Waals surface area contributed by atoms with Crippen LogP contribution in [0.3, 0.4) is 0 Å². The van der Waals surface area contributed by atoms with Gasteiger partial charge in [0.25, 0.3) is 0 Å². The number of hydrogen-bond donors (Lipinski definition) is 2. The molecule has 2 unspecified atom stereocenters. The zero-order chi connectivity index (χ0) is 22.1. The summed E-state index contributed by atoms with van der Waals surface area (Å²) in [5, 5.41) is 19.3. The molecule has 1 spiro atoms. The molecule has 3 rings (SSSR count). The van der Waals surface area contributed by atoms with E-state index in [9.17, 15) is 24.6 Å². The summed E-state index contributed by atoms with van der Waals surface area (Å²) in [6, 6.07) is -0.865. The van der Waals surface area contributed by atoms with Crippen LogP contribution in [0, 0.1) is 11.8 Å². The SMILES string of the molecule is C=CCN(CCCC)C(=O)C1N(CCCO)C(=O)[C@@H]2[C@@H](C(=O)O)[C@@]3(CC)CCC12O3. The fourth-order valence-corrected chi connectivity index (χ4v) is 5.82. The van der Waals surface area contributed by atoms with Crippen molar-refractivity contribution in [2.75, 3.05) is 26.2 Å². The molecule has 0 aromatic carbocycles. The maximum absolute atomic E-state index is 13.7. The predicted octanol–water partition coefficient (Wildman–Crippen LogP) is 1.42. The summed E-state index contributed by atoms with van der Waals surface area (Å²) in [5.74, 6) is -3.41. The van der Waals surface area contributed by atoms with Gasteiger partial charge in [0.15, 0.2) is 0 Å². The maximum Gasteiger partial charge on any atom is 0.310 e. The van der Waals surface area contributed by atoms with Crippen molar-refractivity contribution in [2.45, 2.75) is 69.6 Å². The minimum Gasteiger partial charge on any atom is -0.481 e. The molecule has 2 N–H and O–H groups in total. The molecule has 30 heavy (non-hydrogen) atoms. The lowest BCUT2D eigenvalue weighted by atomic mass is 9.65. The first-order valence-electron chi connectivity index (χ1n) is 11.1. The number of aliphatic hydroxyl groups is 1. The predicted molar refractivity (Wildman–Crippen MR) is 110 cm³/mol. The number of nitrogens with zero attached hydrogens (tertiary/aromatic N) is 2. The third kappa shape index (κ3) is 3.24. The normalized spacial score (nSPS) is 34.3. The van der Waals surface area contributed by atoms with Crippen LogP contribution in [0.5, 0.6) is 0 Å². The average Bonchev–Trinajstić information content (AvgIpc) is 3.32. The number of carboxylic acid groups (broad SMARTS) is 1. The van der Waals surface area contributed by atoms with E-state index in [0.29, 0.717) is 38.8 Å². The maximum atomic E-state index is 13.7. The Morgan fingerprint density at radius 2 is 2.07 bits per heavy atom. The summed E-state index contributed by atoms with van der Waals surface area (Å²) >= 11 is 0. The fourth-order valence-electron chi connectivity index (χ4n) is 5.82. The molecule has 0 radical (unpaired) electrons. The number of fused-ring (bicyclic) bond motifs is 1.